The van der Waals surface area contributed by atoms with Crippen LogP contribution in [-0.4, -0.2) is 60.7 Å². The lowest BCUT2D eigenvalue weighted by Gasteiger charge is -2.44. The molecule has 0 radical (unpaired) electrons. The molecule has 1 amide bonds. The fourth-order valence-electron chi connectivity index (χ4n) is 4.60. The number of rotatable bonds is 2. The first-order chi connectivity index (χ1) is 12.6. The van der Waals surface area contributed by atoms with E-state index in [4.69, 9.17) is 9.47 Å². The van der Waals surface area contributed by atoms with Gasteiger partial charge in [-0.05, 0) is 25.8 Å². The van der Waals surface area contributed by atoms with Gasteiger partial charge in [0, 0.05) is 50.6 Å². The smallest absolute Gasteiger partial charge is 0.409 e. The summed E-state index contributed by atoms with van der Waals surface area (Å²) in [6.07, 6.45) is 3.43. The zero-order valence-electron chi connectivity index (χ0n) is 15.7. The average Bonchev–Trinajstić information content (AvgIpc) is 2.95. The van der Waals surface area contributed by atoms with Crippen LogP contribution in [-0.2, 0) is 15.1 Å². The van der Waals surface area contributed by atoms with Crippen molar-refractivity contribution in [1.82, 2.24) is 9.80 Å². The second-order valence-corrected chi connectivity index (χ2v) is 7.38. The van der Waals surface area contributed by atoms with Crippen LogP contribution in [0.1, 0.15) is 48.5 Å². The van der Waals surface area contributed by atoms with Gasteiger partial charge in [-0.1, -0.05) is 18.2 Å². The quantitative estimate of drug-likeness (QED) is 0.721. The number of nitrogens with zero attached hydrogens (tertiary/aromatic N) is 2. The van der Waals surface area contributed by atoms with Gasteiger partial charge in [0.05, 0.1) is 12.2 Å². The number of halogens is 1. The SMILES string of the molecule is CCOC(=O)N1CCC(N2CCC3(CC2)OC(=O)c2ccccc23)CC1.Cl. The minimum Gasteiger partial charge on any atom is -0.450 e. The van der Waals surface area contributed by atoms with Gasteiger partial charge >= 0.3 is 12.1 Å². The van der Waals surface area contributed by atoms with Gasteiger partial charge in [0.25, 0.3) is 0 Å². The molecule has 3 aliphatic rings. The monoisotopic (exact) mass is 394 g/mol. The summed E-state index contributed by atoms with van der Waals surface area (Å²) in [5.41, 5.74) is 1.35. The number of ether oxygens (including phenoxy) is 2. The number of esters is 1. The molecule has 3 heterocycles. The Kier molecular flexibility index (Phi) is 5.96. The first-order valence-corrected chi connectivity index (χ1v) is 9.61. The number of hydrogen-bond acceptors (Lipinski definition) is 5. The summed E-state index contributed by atoms with van der Waals surface area (Å²) in [6.45, 7) is 5.61. The minimum atomic E-state index is -0.435. The highest BCUT2D eigenvalue weighted by Gasteiger charge is 2.47. The van der Waals surface area contributed by atoms with Gasteiger partial charge in [0.1, 0.15) is 5.60 Å². The van der Waals surface area contributed by atoms with Gasteiger partial charge in [-0.15, -0.1) is 12.4 Å². The van der Waals surface area contributed by atoms with Gasteiger partial charge in [-0.3, -0.25) is 4.90 Å². The normalized spacial score (nSPS) is 22.1. The van der Waals surface area contributed by atoms with Gasteiger partial charge in [0.15, 0.2) is 0 Å². The van der Waals surface area contributed by atoms with Crippen molar-refractivity contribution < 1.29 is 19.1 Å². The van der Waals surface area contributed by atoms with E-state index in [1.54, 1.807) is 4.90 Å². The van der Waals surface area contributed by atoms with Crippen LogP contribution in [0.15, 0.2) is 24.3 Å². The number of likely N-dealkylation sites (tertiary alicyclic amines) is 2. The summed E-state index contributed by atoms with van der Waals surface area (Å²) in [4.78, 5) is 28.3. The third kappa shape index (κ3) is 3.65. The molecule has 0 aromatic heterocycles. The van der Waals surface area contributed by atoms with Crippen molar-refractivity contribution in [3.05, 3.63) is 35.4 Å². The highest BCUT2D eigenvalue weighted by molar-refractivity contribution is 5.94. The summed E-state index contributed by atoms with van der Waals surface area (Å²) in [5.74, 6) is -0.184. The van der Waals surface area contributed by atoms with E-state index < -0.39 is 5.60 Å². The zero-order chi connectivity index (χ0) is 18.1. The van der Waals surface area contributed by atoms with Crippen molar-refractivity contribution in [2.24, 2.45) is 0 Å². The Balaban J connectivity index is 0.00000210. The van der Waals surface area contributed by atoms with Gasteiger partial charge < -0.3 is 14.4 Å². The first kappa shape index (κ1) is 20.0. The molecule has 0 saturated carbocycles. The van der Waals surface area contributed by atoms with E-state index in [0.717, 1.165) is 63.0 Å². The average molecular weight is 395 g/mol. The van der Waals surface area contributed by atoms with Crippen LogP contribution in [0, 0.1) is 0 Å². The third-order valence-electron chi connectivity index (χ3n) is 6.04. The second-order valence-electron chi connectivity index (χ2n) is 7.38. The number of carbonyl (C=O) groups is 2. The van der Waals surface area contributed by atoms with Crippen LogP contribution in [0.3, 0.4) is 0 Å². The number of amides is 1. The maximum atomic E-state index is 12.2. The number of hydrogen-bond donors (Lipinski definition) is 0. The predicted molar refractivity (Wildman–Crippen MR) is 103 cm³/mol. The van der Waals surface area contributed by atoms with Crippen LogP contribution < -0.4 is 0 Å². The molecule has 0 aliphatic carbocycles. The van der Waals surface area contributed by atoms with Crippen LogP contribution in [0.25, 0.3) is 0 Å². The molecule has 7 heteroatoms. The van der Waals surface area contributed by atoms with Crippen molar-refractivity contribution in [1.29, 1.82) is 0 Å². The Hall–Kier alpha value is -1.79. The molecule has 0 bridgehead atoms. The van der Waals surface area contributed by atoms with Crippen LogP contribution in [0.5, 0.6) is 0 Å². The molecule has 3 aliphatic heterocycles. The van der Waals surface area contributed by atoms with E-state index in [2.05, 4.69) is 4.90 Å². The summed E-state index contributed by atoms with van der Waals surface area (Å²) >= 11 is 0. The van der Waals surface area contributed by atoms with Crippen molar-refractivity contribution in [2.45, 2.75) is 44.2 Å². The van der Waals surface area contributed by atoms with Crippen molar-refractivity contribution >= 4 is 24.5 Å². The lowest BCUT2D eigenvalue weighted by molar-refractivity contribution is -0.0529. The highest BCUT2D eigenvalue weighted by Crippen LogP contribution is 2.44. The molecule has 6 nitrogen and oxygen atoms in total. The predicted octanol–water partition coefficient (Wildman–Crippen LogP) is 3.19. The lowest BCUT2D eigenvalue weighted by Crippen LogP contribution is -2.51. The molecule has 1 aromatic rings. The molecule has 2 fully saturated rings. The number of carbonyl (C=O) groups excluding carboxylic acids is 2. The van der Waals surface area contributed by atoms with E-state index in [-0.39, 0.29) is 24.5 Å². The largest absolute Gasteiger partial charge is 0.450 e. The van der Waals surface area contributed by atoms with Crippen LogP contribution in [0.2, 0.25) is 0 Å². The number of piperidine rings is 2. The van der Waals surface area contributed by atoms with Crippen molar-refractivity contribution in [3.8, 4) is 0 Å². The maximum absolute atomic E-state index is 12.2. The standard InChI is InChI=1S/C20H26N2O4.ClH/c1-2-25-19(24)22-11-7-15(8-12-22)21-13-9-20(10-14-21)17-6-4-3-5-16(17)18(23)26-20;/h3-6,15H,2,7-14H2,1H3;1H. The first-order valence-electron chi connectivity index (χ1n) is 9.61. The van der Waals surface area contributed by atoms with E-state index in [9.17, 15) is 9.59 Å². The third-order valence-corrected chi connectivity index (χ3v) is 6.04. The Morgan fingerprint density at radius 3 is 2.52 bits per heavy atom. The molecule has 1 aromatic carbocycles. The summed E-state index contributed by atoms with van der Waals surface area (Å²) in [5, 5.41) is 0. The Bertz CT molecular complexity index is 695. The molecular weight excluding hydrogens is 368 g/mol. The summed E-state index contributed by atoms with van der Waals surface area (Å²) in [6, 6.07) is 8.27. The molecular formula is C20H27ClN2O4. The minimum absolute atomic E-state index is 0. The van der Waals surface area contributed by atoms with E-state index in [1.807, 2.05) is 31.2 Å². The van der Waals surface area contributed by atoms with Gasteiger partial charge in [0.2, 0.25) is 0 Å². The Morgan fingerprint density at radius 1 is 1.19 bits per heavy atom. The number of fused-ring (bicyclic) bond motifs is 2. The second kappa shape index (κ2) is 8.07. The van der Waals surface area contributed by atoms with Crippen LogP contribution >= 0.6 is 12.4 Å². The maximum Gasteiger partial charge on any atom is 0.409 e. The molecule has 1 spiro atoms. The number of benzene rings is 1. The summed E-state index contributed by atoms with van der Waals surface area (Å²) in [7, 11) is 0. The summed E-state index contributed by atoms with van der Waals surface area (Å²) < 4.78 is 10.9. The molecule has 0 atom stereocenters. The Morgan fingerprint density at radius 2 is 1.85 bits per heavy atom. The molecule has 0 N–H and O–H groups in total. The molecule has 2 saturated heterocycles. The van der Waals surface area contributed by atoms with Gasteiger partial charge in [-0.2, -0.15) is 0 Å². The van der Waals surface area contributed by atoms with E-state index >= 15 is 0 Å². The highest BCUT2D eigenvalue weighted by atomic mass is 35.5. The molecule has 4 rings (SSSR count). The van der Waals surface area contributed by atoms with Crippen molar-refractivity contribution in [3.63, 3.8) is 0 Å². The lowest BCUT2D eigenvalue weighted by atomic mass is 9.83. The van der Waals surface area contributed by atoms with E-state index in [1.165, 1.54) is 0 Å². The molecule has 27 heavy (non-hydrogen) atoms. The van der Waals surface area contributed by atoms with Crippen LogP contribution in [0.4, 0.5) is 4.79 Å². The fourth-order valence-corrected chi connectivity index (χ4v) is 4.60. The fraction of sp³-hybridized carbons (Fsp3) is 0.600. The van der Waals surface area contributed by atoms with Crippen molar-refractivity contribution in [2.75, 3.05) is 32.8 Å². The Labute approximate surface area is 166 Å². The van der Waals surface area contributed by atoms with E-state index in [0.29, 0.717) is 12.6 Å². The van der Waals surface area contributed by atoms with Gasteiger partial charge in [-0.25, -0.2) is 9.59 Å². The zero-order valence-corrected chi connectivity index (χ0v) is 16.5. The molecule has 148 valence electrons. The topological polar surface area (TPSA) is 59.1 Å². The molecule has 0 unspecified atom stereocenters.